The Morgan fingerprint density at radius 3 is 2.46 bits per heavy atom. The zero-order valence-corrected chi connectivity index (χ0v) is 17.4. The Morgan fingerprint density at radius 2 is 1.79 bits per heavy atom. The van der Waals surface area contributed by atoms with Gasteiger partial charge in [0, 0.05) is 50.3 Å². The molecule has 0 fully saturated rings. The van der Waals surface area contributed by atoms with E-state index in [0.29, 0.717) is 6.54 Å². The Bertz CT molecular complexity index is 1150. The fraction of sp³-hybridized carbons (Fsp3) is 0.350. The normalized spacial score (nSPS) is 12.4. The molecule has 2 aromatic heterocycles. The largest absolute Gasteiger partial charge is 0.461 e. The summed E-state index contributed by atoms with van der Waals surface area (Å²) >= 11 is 0. The van der Waals surface area contributed by atoms with E-state index >= 15 is 0 Å². The lowest BCUT2D eigenvalue weighted by Gasteiger charge is -2.19. The molecule has 0 spiro atoms. The van der Waals surface area contributed by atoms with Gasteiger partial charge in [0.05, 0.1) is 11.6 Å². The number of para-hydroxylation sites is 1. The third-order valence-electron chi connectivity index (χ3n) is 4.66. The molecule has 0 aliphatic rings. The van der Waals surface area contributed by atoms with Crippen LogP contribution < -0.4 is 5.56 Å². The van der Waals surface area contributed by atoms with Crippen molar-refractivity contribution in [1.29, 1.82) is 0 Å². The van der Waals surface area contributed by atoms with Crippen LogP contribution in [0.25, 0.3) is 11.0 Å². The molecule has 0 aliphatic heterocycles. The average molecular weight is 404 g/mol. The molecule has 3 aromatic rings. The van der Waals surface area contributed by atoms with E-state index in [4.69, 9.17) is 4.42 Å². The molecule has 1 aromatic carbocycles. The number of hydrogen-bond acceptors (Lipinski definition) is 5. The first kappa shape index (κ1) is 20.3. The van der Waals surface area contributed by atoms with Gasteiger partial charge in [-0.05, 0) is 19.2 Å². The number of nitrogens with zero attached hydrogens (tertiary/aromatic N) is 3. The maximum absolute atomic E-state index is 12.4. The number of pyridine rings is 1. The maximum atomic E-state index is 12.4. The molecule has 0 bridgehead atoms. The molecule has 3 rings (SSSR count). The van der Waals surface area contributed by atoms with Crippen LogP contribution >= 0.6 is 0 Å². The molecule has 0 aliphatic carbocycles. The van der Waals surface area contributed by atoms with Crippen LogP contribution in [0, 0.1) is 0 Å². The molecule has 0 atom stereocenters. The van der Waals surface area contributed by atoms with Crippen molar-refractivity contribution in [1.82, 2.24) is 13.8 Å². The van der Waals surface area contributed by atoms with E-state index in [9.17, 15) is 13.2 Å². The SMILES string of the molecule is CCc1oc2ccccc2c1CN(C)Cn1cc(S(=O)(=O)N(C)C)ccc1=O. The van der Waals surface area contributed by atoms with Gasteiger partial charge >= 0.3 is 0 Å². The van der Waals surface area contributed by atoms with Crippen LogP contribution in [-0.4, -0.2) is 43.3 Å². The number of sulfonamides is 1. The van der Waals surface area contributed by atoms with Gasteiger partial charge in [0.2, 0.25) is 10.0 Å². The minimum atomic E-state index is -3.60. The van der Waals surface area contributed by atoms with Crippen LogP contribution in [0.15, 0.2) is 56.7 Å². The Labute approximate surface area is 164 Å². The number of furan rings is 1. The van der Waals surface area contributed by atoms with Crippen molar-refractivity contribution in [3.05, 3.63) is 64.3 Å². The second-order valence-electron chi connectivity index (χ2n) is 6.97. The smallest absolute Gasteiger partial charge is 0.251 e. The van der Waals surface area contributed by atoms with Gasteiger partial charge in [-0.25, -0.2) is 12.7 Å². The van der Waals surface area contributed by atoms with E-state index in [-0.39, 0.29) is 17.1 Å². The van der Waals surface area contributed by atoms with Gasteiger partial charge in [-0.2, -0.15) is 0 Å². The first-order valence-corrected chi connectivity index (χ1v) is 10.5. The highest BCUT2D eigenvalue weighted by molar-refractivity contribution is 7.89. The summed E-state index contributed by atoms with van der Waals surface area (Å²) in [5.41, 5.74) is 1.68. The standard InChI is InChI=1S/C20H25N3O4S/c1-5-18-17(16-8-6-7-9-19(16)27-18)13-22(4)14-23-12-15(10-11-20(23)24)28(25,26)21(2)3/h6-12H,5,13-14H2,1-4H3. The quantitative estimate of drug-likeness (QED) is 0.606. The number of fused-ring (bicyclic) bond motifs is 1. The number of benzene rings is 1. The van der Waals surface area contributed by atoms with E-state index in [2.05, 4.69) is 0 Å². The fourth-order valence-electron chi connectivity index (χ4n) is 3.17. The van der Waals surface area contributed by atoms with Crippen molar-refractivity contribution in [3.63, 3.8) is 0 Å². The van der Waals surface area contributed by atoms with Crippen molar-refractivity contribution in [3.8, 4) is 0 Å². The van der Waals surface area contributed by atoms with Crippen molar-refractivity contribution >= 4 is 21.0 Å². The van der Waals surface area contributed by atoms with E-state index in [0.717, 1.165) is 33.0 Å². The van der Waals surface area contributed by atoms with Crippen molar-refractivity contribution in [2.75, 3.05) is 21.1 Å². The van der Waals surface area contributed by atoms with Gasteiger partial charge in [0.15, 0.2) is 0 Å². The minimum Gasteiger partial charge on any atom is -0.461 e. The Balaban J connectivity index is 1.88. The molecule has 150 valence electrons. The third kappa shape index (κ3) is 3.89. The van der Waals surface area contributed by atoms with E-state index in [1.807, 2.05) is 43.1 Å². The first-order valence-electron chi connectivity index (χ1n) is 9.05. The zero-order chi connectivity index (χ0) is 20.5. The van der Waals surface area contributed by atoms with E-state index in [1.165, 1.54) is 37.0 Å². The van der Waals surface area contributed by atoms with Gasteiger partial charge < -0.3 is 8.98 Å². The maximum Gasteiger partial charge on any atom is 0.251 e. The Morgan fingerprint density at radius 1 is 1.07 bits per heavy atom. The fourth-order valence-corrected chi connectivity index (χ4v) is 4.09. The lowest BCUT2D eigenvalue weighted by Crippen LogP contribution is -2.31. The molecule has 8 heteroatoms. The average Bonchev–Trinajstić information content (AvgIpc) is 3.01. The Kier molecular flexibility index (Phi) is 5.74. The second-order valence-corrected chi connectivity index (χ2v) is 9.12. The summed E-state index contributed by atoms with van der Waals surface area (Å²) in [5.74, 6) is 0.921. The molecule has 0 saturated carbocycles. The summed E-state index contributed by atoms with van der Waals surface area (Å²) in [5, 5.41) is 1.06. The predicted octanol–water partition coefficient (Wildman–Crippen LogP) is 2.50. The molecular formula is C20H25N3O4S. The van der Waals surface area contributed by atoms with Gasteiger partial charge in [-0.1, -0.05) is 25.1 Å². The number of aromatic nitrogens is 1. The summed E-state index contributed by atoms with van der Waals surface area (Å²) in [6.45, 7) is 2.89. The molecular weight excluding hydrogens is 378 g/mol. The summed E-state index contributed by atoms with van der Waals surface area (Å²) in [4.78, 5) is 14.3. The summed E-state index contributed by atoms with van der Waals surface area (Å²) in [6, 6.07) is 10.5. The number of rotatable bonds is 7. The van der Waals surface area contributed by atoms with Crippen LogP contribution in [0.2, 0.25) is 0 Å². The minimum absolute atomic E-state index is 0.0912. The van der Waals surface area contributed by atoms with Crippen LogP contribution in [-0.2, 0) is 29.7 Å². The predicted molar refractivity (Wildman–Crippen MR) is 109 cm³/mol. The molecule has 0 saturated heterocycles. The zero-order valence-electron chi connectivity index (χ0n) is 16.5. The first-order chi connectivity index (χ1) is 13.2. The van der Waals surface area contributed by atoms with Crippen LogP contribution in [0.4, 0.5) is 0 Å². The van der Waals surface area contributed by atoms with Crippen molar-refractivity contribution in [2.24, 2.45) is 0 Å². The number of aryl methyl sites for hydroxylation is 1. The van der Waals surface area contributed by atoms with E-state index < -0.39 is 10.0 Å². The Hall–Kier alpha value is -2.42. The highest BCUT2D eigenvalue weighted by Crippen LogP contribution is 2.27. The molecule has 0 radical (unpaired) electrons. The lowest BCUT2D eigenvalue weighted by atomic mass is 10.1. The summed E-state index contributed by atoms with van der Waals surface area (Å²) in [6.07, 6.45) is 2.16. The van der Waals surface area contributed by atoms with Crippen LogP contribution in [0.3, 0.4) is 0 Å². The second kappa shape index (κ2) is 7.90. The molecule has 0 N–H and O–H groups in total. The molecule has 2 heterocycles. The highest BCUT2D eigenvalue weighted by atomic mass is 32.2. The van der Waals surface area contributed by atoms with E-state index in [1.54, 1.807) is 0 Å². The third-order valence-corrected chi connectivity index (χ3v) is 6.46. The highest BCUT2D eigenvalue weighted by Gasteiger charge is 2.19. The summed E-state index contributed by atoms with van der Waals surface area (Å²) in [7, 11) is 1.22. The number of hydrogen-bond donors (Lipinski definition) is 0. The van der Waals surface area contributed by atoms with Gasteiger partial charge in [0.1, 0.15) is 11.3 Å². The molecule has 0 amide bonds. The van der Waals surface area contributed by atoms with Crippen LogP contribution in [0.1, 0.15) is 18.2 Å². The van der Waals surface area contributed by atoms with Crippen LogP contribution in [0.5, 0.6) is 0 Å². The van der Waals surface area contributed by atoms with Gasteiger partial charge in [0.25, 0.3) is 5.56 Å². The molecule has 0 unspecified atom stereocenters. The molecule has 7 nitrogen and oxygen atoms in total. The summed E-state index contributed by atoms with van der Waals surface area (Å²) < 4.78 is 33.2. The molecule has 28 heavy (non-hydrogen) atoms. The van der Waals surface area contributed by atoms with Crippen molar-refractivity contribution < 1.29 is 12.8 Å². The topological polar surface area (TPSA) is 75.8 Å². The monoisotopic (exact) mass is 403 g/mol. The van der Waals surface area contributed by atoms with Gasteiger partial charge in [-0.15, -0.1) is 0 Å². The van der Waals surface area contributed by atoms with Gasteiger partial charge in [-0.3, -0.25) is 9.69 Å². The van der Waals surface area contributed by atoms with Crippen molar-refractivity contribution in [2.45, 2.75) is 31.5 Å². The lowest BCUT2D eigenvalue weighted by molar-refractivity contribution is 0.254.